The zero-order chi connectivity index (χ0) is 17.9. The fourth-order valence-electron chi connectivity index (χ4n) is 1.76. The Morgan fingerprint density at radius 1 is 0.792 bits per heavy atom. The molecule has 0 atom stereocenters. The number of nitrogens with two attached hydrogens (primary N) is 1. The van der Waals surface area contributed by atoms with E-state index < -0.39 is 0 Å². The van der Waals surface area contributed by atoms with E-state index in [0.29, 0.717) is 59.2 Å². The lowest BCUT2D eigenvalue weighted by molar-refractivity contribution is -0.121. The number of unbranched alkanes of at least 4 members (excludes halogenated alkanes) is 2. The normalized spacial score (nSPS) is 10.6. The van der Waals surface area contributed by atoms with Gasteiger partial charge in [0, 0.05) is 19.5 Å². The molecule has 2 amide bonds. The minimum Gasteiger partial charge on any atom is -0.377 e. The van der Waals surface area contributed by atoms with E-state index in [0.717, 1.165) is 19.3 Å². The van der Waals surface area contributed by atoms with Crippen molar-refractivity contribution in [1.82, 2.24) is 10.6 Å². The summed E-state index contributed by atoms with van der Waals surface area (Å²) in [5.41, 5.74) is 5.15. The van der Waals surface area contributed by atoms with Crippen molar-refractivity contribution in [2.24, 2.45) is 5.73 Å². The molecule has 4 N–H and O–H groups in total. The first-order valence-corrected chi connectivity index (χ1v) is 8.67. The summed E-state index contributed by atoms with van der Waals surface area (Å²) in [6.07, 6.45) is 3.74. The molecule has 0 aromatic heterocycles. The zero-order valence-corrected chi connectivity index (χ0v) is 14.8. The number of rotatable bonds is 17. The Balaban J connectivity index is 3.12. The maximum absolute atomic E-state index is 11.4. The maximum Gasteiger partial charge on any atom is 0.233 e. The average molecular weight is 347 g/mol. The molecule has 0 rings (SSSR count). The first kappa shape index (κ1) is 22.8. The van der Waals surface area contributed by atoms with Crippen molar-refractivity contribution >= 4 is 11.8 Å². The highest BCUT2D eigenvalue weighted by atomic mass is 16.5. The van der Waals surface area contributed by atoms with E-state index in [2.05, 4.69) is 17.6 Å². The van der Waals surface area contributed by atoms with Crippen LogP contribution in [0.4, 0.5) is 0 Å². The van der Waals surface area contributed by atoms with Crippen molar-refractivity contribution in [3.8, 4) is 0 Å². The van der Waals surface area contributed by atoms with Crippen molar-refractivity contribution < 1.29 is 23.8 Å². The van der Waals surface area contributed by atoms with Gasteiger partial charge in [0.05, 0.1) is 46.2 Å². The molecule has 0 unspecified atom stereocenters. The predicted molar refractivity (Wildman–Crippen MR) is 91.7 cm³/mol. The molecule has 0 fully saturated rings. The molecule has 142 valence electrons. The first-order chi connectivity index (χ1) is 11.7. The highest BCUT2D eigenvalue weighted by Gasteiger charge is 1.99. The Hall–Kier alpha value is -1.22. The van der Waals surface area contributed by atoms with Crippen LogP contribution in [0.15, 0.2) is 0 Å². The van der Waals surface area contributed by atoms with Crippen LogP contribution in [0.1, 0.15) is 32.6 Å². The summed E-state index contributed by atoms with van der Waals surface area (Å²) in [5.74, 6) is -0.104. The maximum atomic E-state index is 11.4. The van der Waals surface area contributed by atoms with Crippen LogP contribution < -0.4 is 16.4 Å². The lowest BCUT2D eigenvalue weighted by atomic mass is 10.2. The van der Waals surface area contributed by atoms with E-state index in [1.807, 2.05) is 0 Å². The van der Waals surface area contributed by atoms with Gasteiger partial charge in [0.25, 0.3) is 0 Å². The van der Waals surface area contributed by atoms with Crippen molar-refractivity contribution in [3.05, 3.63) is 0 Å². The smallest absolute Gasteiger partial charge is 0.233 e. The highest BCUT2D eigenvalue weighted by Crippen LogP contribution is 1.97. The predicted octanol–water partition coefficient (Wildman–Crippen LogP) is -0.192. The van der Waals surface area contributed by atoms with Gasteiger partial charge in [0.1, 0.15) is 0 Å². The van der Waals surface area contributed by atoms with Crippen LogP contribution in [0.25, 0.3) is 0 Å². The Morgan fingerprint density at radius 2 is 1.29 bits per heavy atom. The van der Waals surface area contributed by atoms with Gasteiger partial charge in [-0.1, -0.05) is 19.8 Å². The summed E-state index contributed by atoms with van der Waals surface area (Å²) < 4.78 is 16.0. The van der Waals surface area contributed by atoms with E-state index >= 15 is 0 Å². The molecule has 8 heteroatoms. The van der Waals surface area contributed by atoms with Crippen molar-refractivity contribution in [2.45, 2.75) is 32.6 Å². The summed E-state index contributed by atoms with van der Waals surface area (Å²) in [4.78, 5) is 22.3. The monoisotopic (exact) mass is 347 g/mol. The number of carbonyl (C=O) groups excluding carboxylic acids is 2. The molecule has 0 aliphatic rings. The Morgan fingerprint density at radius 3 is 1.79 bits per heavy atom. The highest BCUT2D eigenvalue weighted by molar-refractivity contribution is 5.77. The molecule has 0 aliphatic heterocycles. The minimum absolute atomic E-state index is 0.00829. The Kier molecular flexibility index (Phi) is 17.2. The summed E-state index contributed by atoms with van der Waals surface area (Å²) >= 11 is 0. The summed E-state index contributed by atoms with van der Waals surface area (Å²) in [6, 6.07) is 0. The topological polar surface area (TPSA) is 112 Å². The summed E-state index contributed by atoms with van der Waals surface area (Å²) in [7, 11) is 0. The molecule has 24 heavy (non-hydrogen) atoms. The molecule has 0 aliphatic carbocycles. The van der Waals surface area contributed by atoms with E-state index in [9.17, 15) is 9.59 Å². The van der Waals surface area contributed by atoms with Crippen molar-refractivity contribution in [1.29, 1.82) is 0 Å². The molecule has 0 saturated carbocycles. The quantitative estimate of drug-likeness (QED) is 0.314. The van der Waals surface area contributed by atoms with Crippen LogP contribution in [0, 0.1) is 0 Å². The largest absolute Gasteiger partial charge is 0.377 e. The van der Waals surface area contributed by atoms with Crippen molar-refractivity contribution in [3.63, 3.8) is 0 Å². The van der Waals surface area contributed by atoms with Gasteiger partial charge in [-0.2, -0.15) is 0 Å². The van der Waals surface area contributed by atoms with E-state index in [1.165, 1.54) is 0 Å². The van der Waals surface area contributed by atoms with Gasteiger partial charge >= 0.3 is 0 Å². The number of hydrogen-bond acceptors (Lipinski definition) is 6. The fraction of sp³-hybridized carbons (Fsp3) is 0.875. The van der Waals surface area contributed by atoms with Gasteiger partial charge < -0.3 is 30.6 Å². The van der Waals surface area contributed by atoms with Crippen molar-refractivity contribution in [2.75, 3.05) is 59.3 Å². The number of amides is 2. The average Bonchev–Trinajstić information content (AvgIpc) is 2.58. The van der Waals surface area contributed by atoms with E-state index in [-0.39, 0.29) is 18.4 Å². The van der Waals surface area contributed by atoms with E-state index in [4.69, 9.17) is 19.9 Å². The van der Waals surface area contributed by atoms with Gasteiger partial charge in [0.2, 0.25) is 11.8 Å². The second-order valence-corrected chi connectivity index (χ2v) is 5.20. The molecule has 0 aromatic rings. The fourth-order valence-corrected chi connectivity index (χ4v) is 1.76. The third kappa shape index (κ3) is 17.1. The summed E-state index contributed by atoms with van der Waals surface area (Å²) in [5, 5.41) is 5.43. The van der Waals surface area contributed by atoms with E-state index in [1.54, 1.807) is 0 Å². The standard InChI is InChI=1S/C16H33N3O5/c1-2-3-4-5-15(20)18-6-8-22-10-12-24-13-11-23-9-7-19-16(21)14-17/h2-14,17H2,1H3,(H,18,20)(H,19,21). The molecule has 0 spiro atoms. The Labute approximate surface area is 144 Å². The van der Waals surface area contributed by atoms with Crippen LogP contribution in [-0.4, -0.2) is 71.1 Å². The van der Waals surface area contributed by atoms with Crippen LogP contribution in [-0.2, 0) is 23.8 Å². The second-order valence-electron chi connectivity index (χ2n) is 5.20. The number of hydrogen-bond donors (Lipinski definition) is 3. The van der Waals surface area contributed by atoms with Crippen LogP contribution in [0.2, 0.25) is 0 Å². The molecule has 0 radical (unpaired) electrons. The van der Waals surface area contributed by atoms with Gasteiger partial charge in [-0.3, -0.25) is 9.59 Å². The van der Waals surface area contributed by atoms with Crippen LogP contribution in [0.3, 0.4) is 0 Å². The summed E-state index contributed by atoms with van der Waals surface area (Å²) in [6.45, 7) is 5.91. The van der Waals surface area contributed by atoms with Gasteiger partial charge in [-0.25, -0.2) is 0 Å². The zero-order valence-electron chi connectivity index (χ0n) is 14.8. The molecule has 0 saturated heterocycles. The Bertz CT molecular complexity index is 316. The second kappa shape index (κ2) is 18.1. The number of carbonyl (C=O) groups is 2. The molecular weight excluding hydrogens is 314 g/mol. The lowest BCUT2D eigenvalue weighted by Gasteiger charge is -2.08. The lowest BCUT2D eigenvalue weighted by Crippen LogP contribution is -2.32. The SMILES string of the molecule is CCCCCC(=O)NCCOCCOCCOCCNC(=O)CN. The molecule has 8 nitrogen and oxygen atoms in total. The van der Waals surface area contributed by atoms with Gasteiger partial charge in [-0.05, 0) is 6.42 Å². The molecule has 0 heterocycles. The van der Waals surface area contributed by atoms with Crippen LogP contribution >= 0.6 is 0 Å². The molecule has 0 bridgehead atoms. The number of ether oxygens (including phenoxy) is 3. The molecular formula is C16H33N3O5. The van der Waals surface area contributed by atoms with Crippen LogP contribution in [0.5, 0.6) is 0 Å². The molecule has 0 aromatic carbocycles. The third-order valence-electron chi connectivity index (χ3n) is 3.07. The van der Waals surface area contributed by atoms with Gasteiger partial charge in [-0.15, -0.1) is 0 Å². The third-order valence-corrected chi connectivity index (χ3v) is 3.07. The minimum atomic E-state index is -0.191. The first-order valence-electron chi connectivity index (χ1n) is 8.67. The van der Waals surface area contributed by atoms with Gasteiger partial charge in [0.15, 0.2) is 0 Å². The number of nitrogens with one attached hydrogen (secondary N) is 2.